The van der Waals surface area contributed by atoms with Crippen LogP contribution in [0.2, 0.25) is 0 Å². The molecule has 3 aliphatic carbocycles. The molecular formula is C24H39Cl2F2N5O. The Labute approximate surface area is 211 Å². The van der Waals surface area contributed by atoms with Gasteiger partial charge in [0.05, 0.1) is 11.5 Å². The number of hydrazine groups is 1. The molecule has 1 heterocycles. The van der Waals surface area contributed by atoms with E-state index in [0.717, 1.165) is 6.42 Å². The van der Waals surface area contributed by atoms with E-state index in [-0.39, 0.29) is 29.8 Å². The zero-order valence-electron chi connectivity index (χ0n) is 19.8. The van der Waals surface area contributed by atoms with Crippen molar-refractivity contribution in [3.8, 4) is 0 Å². The number of hydrogen-bond acceptors (Lipinski definition) is 4. The summed E-state index contributed by atoms with van der Waals surface area (Å²) in [6.45, 7) is 0.413. The van der Waals surface area contributed by atoms with E-state index in [1.807, 2.05) is 0 Å². The number of halogens is 4. The maximum Gasteiger partial charge on any atom is 0.229 e. The zero-order chi connectivity index (χ0) is 24.1. The van der Waals surface area contributed by atoms with Crippen molar-refractivity contribution < 1.29 is 13.6 Å². The fourth-order valence-corrected chi connectivity index (χ4v) is 6.52. The normalized spacial score (nSPS) is 40.2. The van der Waals surface area contributed by atoms with Crippen molar-refractivity contribution in [1.82, 2.24) is 21.5 Å². The molecule has 194 valence electrons. The van der Waals surface area contributed by atoms with Crippen LogP contribution in [-0.4, -0.2) is 53.7 Å². The minimum Gasteiger partial charge on any atom is -0.339 e. The van der Waals surface area contributed by atoms with Gasteiger partial charge in [0.15, 0.2) is 5.96 Å². The minimum absolute atomic E-state index is 0.0638. The highest BCUT2D eigenvalue weighted by Crippen LogP contribution is 2.32. The van der Waals surface area contributed by atoms with Gasteiger partial charge in [0.1, 0.15) is 12.3 Å². The molecule has 6 nitrogen and oxygen atoms in total. The molecule has 0 spiro atoms. The van der Waals surface area contributed by atoms with Gasteiger partial charge >= 0.3 is 0 Å². The van der Waals surface area contributed by atoms with E-state index in [0.29, 0.717) is 56.6 Å². The number of guanidine groups is 1. The number of aliphatic imine (C=N–C) groups is 1. The molecule has 8 unspecified atom stereocenters. The molecule has 1 saturated heterocycles. The van der Waals surface area contributed by atoms with E-state index < -0.39 is 23.6 Å². The number of amides is 1. The van der Waals surface area contributed by atoms with E-state index in [1.54, 1.807) is 0 Å². The fraction of sp³-hybridized carbons (Fsp3) is 0.917. The molecule has 4 aliphatic rings. The average molecular weight is 523 g/mol. The van der Waals surface area contributed by atoms with Gasteiger partial charge in [-0.1, -0.05) is 19.3 Å². The Morgan fingerprint density at radius 2 is 1.71 bits per heavy atom. The molecule has 0 aromatic rings. The van der Waals surface area contributed by atoms with Crippen LogP contribution in [0, 0.1) is 17.8 Å². The Morgan fingerprint density at radius 1 is 0.912 bits per heavy atom. The molecule has 4 rings (SSSR count). The molecule has 8 atom stereocenters. The highest BCUT2D eigenvalue weighted by molar-refractivity contribution is 6.21. The highest BCUT2D eigenvalue weighted by Gasteiger charge is 2.35. The smallest absolute Gasteiger partial charge is 0.229 e. The van der Waals surface area contributed by atoms with Crippen molar-refractivity contribution in [2.75, 3.05) is 6.54 Å². The Hall–Kier alpha value is -0.700. The van der Waals surface area contributed by atoms with Crippen molar-refractivity contribution in [3.63, 3.8) is 0 Å². The third-order valence-electron chi connectivity index (χ3n) is 8.09. The zero-order valence-corrected chi connectivity index (χ0v) is 21.3. The lowest BCUT2D eigenvalue weighted by atomic mass is 9.83. The molecule has 4 N–H and O–H groups in total. The van der Waals surface area contributed by atoms with Gasteiger partial charge in [-0.3, -0.25) is 20.5 Å². The Morgan fingerprint density at radius 3 is 2.44 bits per heavy atom. The Kier molecular flexibility index (Phi) is 9.70. The molecule has 0 radical (unpaired) electrons. The van der Waals surface area contributed by atoms with Crippen molar-refractivity contribution in [2.45, 2.75) is 112 Å². The van der Waals surface area contributed by atoms with Crippen LogP contribution in [0.3, 0.4) is 0 Å². The maximum atomic E-state index is 14.1. The topological polar surface area (TPSA) is 77.5 Å². The van der Waals surface area contributed by atoms with Crippen LogP contribution < -0.4 is 21.5 Å². The molecule has 0 aromatic carbocycles. The van der Waals surface area contributed by atoms with E-state index >= 15 is 0 Å². The Bertz CT molecular complexity index is 711. The molecule has 1 aliphatic heterocycles. The number of nitrogens with one attached hydrogen (secondary N) is 4. The van der Waals surface area contributed by atoms with Gasteiger partial charge in [-0.15, -0.1) is 23.2 Å². The predicted molar refractivity (Wildman–Crippen MR) is 132 cm³/mol. The highest BCUT2D eigenvalue weighted by atomic mass is 35.5. The van der Waals surface area contributed by atoms with Gasteiger partial charge in [-0.05, 0) is 69.6 Å². The van der Waals surface area contributed by atoms with Gasteiger partial charge in [0.25, 0.3) is 0 Å². The molecular weight excluding hydrogens is 483 g/mol. The van der Waals surface area contributed by atoms with Crippen LogP contribution in [0.5, 0.6) is 0 Å². The summed E-state index contributed by atoms with van der Waals surface area (Å²) in [6, 6.07) is 0.383. The van der Waals surface area contributed by atoms with Crippen LogP contribution in [0.25, 0.3) is 0 Å². The molecule has 34 heavy (non-hydrogen) atoms. The first-order valence-corrected chi connectivity index (χ1v) is 14.0. The van der Waals surface area contributed by atoms with Gasteiger partial charge in [-0.25, -0.2) is 14.2 Å². The summed E-state index contributed by atoms with van der Waals surface area (Å²) in [5, 5.41) is 5.47. The summed E-state index contributed by atoms with van der Waals surface area (Å²) in [6.07, 6.45) is 7.83. The molecule has 10 heteroatoms. The quantitative estimate of drug-likeness (QED) is 0.247. The summed E-state index contributed by atoms with van der Waals surface area (Å²) >= 11 is 12.4. The summed E-state index contributed by atoms with van der Waals surface area (Å²) in [7, 11) is 0. The van der Waals surface area contributed by atoms with Gasteiger partial charge in [0.2, 0.25) is 5.91 Å². The van der Waals surface area contributed by atoms with Crippen molar-refractivity contribution in [2.24, 2.45) is 22.7 Å². The maximum absolute atomic E-state index is 14.1. The second-order valence-corrected chi connectivity index (χ2v) is 11.8. The lowest BCUT2D eigenvalue weighted by Crippen LogP contribution is -2.52. The molecule has 0 bridgehead atoms. The molecule has 0 aromatic heterocycles. The van der Waals surface area contributed by atoms with Crippen LogP contribution in [0.15, 0.2) is 4.99 Å². The number of alkyl halides is 4. The summed E-state index contributed by atoms with van der Waals surface area (Å²) in [5.41, 5.74) is 6.73. The summed E-state index contributed by atoms with van der Waals surface area (Å²) < 4.78 is 27.8. The number of nitrogens with zero attached hydrogens (tertiary/aromatic N) is 1. The van der Waals surface area contributed by atoms with Gasteiger partial charge < -0.3 is 5.32 Å². The predicted octanol–water partition coefficient (Wildman–Crippen LogP) is 4.31. The molecule has 3 saturated carbocycles. The standard InChI is InChI=1S/C24H39Cl2F2N5O/c25-18-9-7-15(10-20(18)28)23(34)31-24(29-13-16-6-8-17(27)11-19(16)26)30-22-12-21(32-33-22)14-4-2-1-3-5-14/h14-22,32-33H,1-13H2,(H2,29,30,31,34). The van der Waals surface area contributed by atoms with Crippen LogP contribution in [-0.2, 0) is 4.79 Å². The first kappa shape index (κ1) is 26.4. The third kappa shape index (κ3) is 7.17. The summed E-state index contributed by atoms with van der Waals surface area (Å²) in [4.78, 5) is 17.6. The van der Waals surface area contributed by atoms with E-state index in [9.17, 15) is 13.6 Å². The lowest BCUT2D eigenvalue weighted by molar-refractivity contribution is -0.125. The van der Waals surface area contributed by atoms with Crippen molar-refractivity contribution in [1.29, 1.82) is 0 Å². The largest absolute Gasteiger partial charge is 0.339 e. The second-order valence-electron chi connectivity index (χ2n) is 10.6. The second kappa shape index (κ2) is 12.5. The Balaban J connectivity index is 1.37. The molecule has 4 fully saturated rings. The number of rotatable bonds is 5. The van der Waals surface area contributed by atoms with E-state index in [2.05, 4.69) is 26.5 Å². The van der Waals surface area contributed by atoms with Gasteiger partial charge in [0, 0.05) is 23.9 Å². The monoisotopic (exact) mass is 521 g/mol. The van der Waals surface area contributed by atoms with Gasteiger partial charge in [-0.2, -0.15) is 0 Å². The van der Waals surface area contributed by atoms with Crippen molar-refractivity contribution >= 4 is 35.1 Å². The van der Waals surface area contributed by atoms with E-state index in [4.69, 9.17) is 23.2 Å². The SMILES string of the molecule is O=C(NC(=NCC1CCC(F)CC1Cl)NC1CC(C2CCCCC2)NN1)C1CCC(Cl)C(F)C1. The average Bonchev–Trinajstić information content (AvgIpc) is 3.29. The minimum atomic E-state index is -1.18. The van der Waals surface area contributed by atoms with Crippen molar-refractivity contribution in [3.05, 3.63) is 0 Å². The van der Waals surface area contributed by atoms with Crippen LogP contribution in [0.1, 0.15) is 77.0 Å². The lowest BCUT2D eigenvalue weighted by Gasteiger charge is -2.29. The van der Waals surface area contributed by atoms with Crippen LogP contribution >= 0.6 is 23.2 Å². The fourth-order valence-electron chi connectivity index (χ4n) is 5.89. The summed E-state index contributed by atoms with van der Waals surface area (Å²) in [5.74, 6) is 0.437. The van der Waals surface area contributed by atoms with Crippen LogP contribution in [0.4, 0.5) is 8.78 Å². The number of carbonyl (C=O) groups is 1. The first-order chi connectivity index (χ1) is 16.4. The molecule has 1 amide bonds. The third-order valence-corrected chi connectivity index (χ3v) is 9.12. The number of carbonyl (C=O) groups excluding carboxylic acids is 1. The van der Waals surface area contributed by atoms with E-state index in [1.165, 1.54) is 32.1 Å². The first-order valence-electron chi connectivity index (χ1n) is 13.1. The number of hydrogen-bond donors (Lipinski definition) is 4.